The lowest BCUT2D eigenvalue weighted by atomic mass is 9.92. The lowest BCUT2D eigenvalue weighted by Crippen LogP contribution is -2.28. The summed E-state index contributed by atoms with van der Waals surface area (Å²) in [4.78, 5) is 31.0. The minimum atomic E-state index is -0.457. The number of aromatic nitrogens is 1. The minimum absolute atomic E-state index is 0. The van der Waals surface area contributed by atoms with Crippen molar-refractivity contribution in [1.82, 2.24) is 10.3 Å². The smallest absolute Gasteiger partial charge is 0.412 e. The number of aryl methyl sites for hydroxylation is 2. The van der Waals surface area contributed by atoms with E-state index >= 15 is 0 Å². The van der Waals surface area contributed by atoms with Gasteiger partial charge < -0.3 is 14.8 Å². The van der Waals surface area contributed by atoms with E-state index in [0.717, 1.165) is 78.4 Å². The molecule has 1 aromatic heterocycles. The van der Waals surface area contributed by atoms with Gasteiger partial charge in [-0.05, 0) is 50.5 Å². The zero-order chi connectivity index (χ0) is 33.0. The number of hydrogen-bond donors (Lipinski definition) is 1. The molecule has 1 aromatic carbocycles. The third kappa shape index (κ3) is 13.9. The molecule has 0 spiro atoms. The molecule has 1 aliphatic rings. The second kappa shape index (κ2) is 24.4. The predicted molar refractivity (Wildman–Crippen MR) is 205 cm³/mol. The van der Waals surface area contributed by atoms with E-state index in [4.69, 9.17) is 14.5 Å². The monoisotopic (exact) mass is 734 g/mol. The van der Waals surface area contributed by atoms with Gasteiger partial charge in [-0.3, -0.25) is 4.98 Å². The van der Waals surface area contributed by atoms with Crippen LogP contribution >= 0.6 is 28.7 Å². The van der Waals surface area contributed by atoms with Crippen LogP contribution < -0.4 is 10.1 Å². The van der Waals surface area contributed by atoms with Gasteiger partial charge >= 0.3 is 12.1 Å². The molecule has 0 aliphatic carbocycles. The fourth-order valence-electron chi connectivity index (χ4n) is 6.54. The maximum atomic E-state index is 13.3. The van der Waals surface area contributed by atoms with Crippen LogP contribution in [0.15, 0.2) is 12.1 Å². The number of carbonyl (C=O) groups excluding carboxylic acids is 2. The number of thioether (sulfide) groups is 1. The Morgan fingerprint density at radius 2 is 1.36 bits per heavy atom. The lowest BCUT2D eigenvalue weighted by molar-refractivity contribution is 0.0601. The summed E-state index contributed by atoms with van der Waals surface area (Å²) in [6, 6.07) is 3.67. The molecule has 0 bridgehead atoms. The average molecular weight is 736 g/mol. The van der Waals surface area contributed by atoms with E-state index in [9.17, 15) is 9.59 Å². The summed E-state index contributed by atoms with van der Waals surface area (Å²) in [5.41, 5.74) is 4.10. The molecule has 2 heterocycles. The summed E-state index contributed by atoms with van der Waals surface area (Å²) in [7, 11) is 1.44. The number of ether oxygens (including phenoxy) is 2. The largest absolute Gasteiger partial charge is 0.465 e. The Hall–Kier alpha value is -1.80. The number of nitrogens with one attached hydrogen (secondary N) is 1. The fourth-order valence-corrected chi connectivity index (χ4v) is 7.43. The van der Waals surface area contributed by atoms with Crippen molar-refractivity contribution in [2.24, 2.45) is 0 Å². The highest BCUT2D eigenvalue weighted by molar-refractivity contribution is 8.93. The predicted octanol–water partition coefficient (Wildman–Crippen LogP) is 12.2. The molecule has 1 amide bonds. The number of methoxy groups -OCH3 is 1. The number of benzene rings is 1. The SMILES string of the molecule is Br.CCCCCCCCCCCCCCCCCCNC(=O)Oc1ccc2nc(CCCCC)c(C3CCS3)c(C(=O)OC)c2c1C. The lowest BCUT2D eigenvalue weighted by Gasteiger charge is -2.30. The second-order valence-electron chi connectivity index (χ2n) is 13.1. The maximum Gasteiger partial charge on any atom is 0.412 e. The van der Waals surface area contributed by atoms with Crippen molar-refractivity contribution < 1.29 is 19.1 Å². The van der Waals surface area contributed by atoms with Gasteiger partial charge in [0.1, 0.15) is 5.75 Å². The summed E-state index contributed by atoms with van der Waals surface area (Å²) in [5.74, 6) is 1.19. The Morgan fingerprint density at radius 3 is 1.87 bits per heavy atom. The van der Waals surface area contributed by atoms with Crippen LogP contribution in [0, 0.1) is 6.92 Å². The number of amides is 1. The van der Waals surface area contributed by atoms with Crippen LogP contribution in [0.5, 0.6) is 5.75 Å². The number of nitrogens with zero attached hydrogens (tertiary/aromatic N) is 1. The molecule has 1 aliphatic heterocycles. The molecule has 6 nitrogen and oxygen atoms in total. The number of esters is 1. The number of unbranched alkanes of at least 4 members (excludes halogenated alkanes) is 17. The van der Waals surface area contributed by atoms with E-state index in [0.29, 0.717) is 17.9 Å². The molecule has 0 saturated carbocycles. The standard InChI is InChI=1S/C39H62N2O4S.BrH/c1-5-7-9-10-11-12-13-14-15-16-17-18-19-20-21-23-28-40-39(43)45-33-26-25-32-35(30(33)3)37(38(42)44-4)36(34-27-29-46-34)31(41-32)24-22-8-6-2;/h25-26,34H,5-24,27-29H2,1-4H3,(H,40,43);1H. The Kier molecular flexibility index (Phi) is 21.4. The molecule has 0 radical (unpaired) electrons. The van der Waals surface area contributed by atoms with Crippen molar-refractivity contribution in [3.8, 4) is 5.75 Å². The quantitative estimate of drug-likeness (QED) is 0.0854. The first-order chi connectivity index (χ1) is 22.5. The molecule has 1 atom stereocenters. The van der Waals surface area contributed by atoms with E-state index in [2.05, 4.69) is 19.2 Å². The van der Waals surface area contributed by atoms with E-state index in [-0.39, 0.29) is 28.2 Å². The van der Waals surface area contributed by atoms with Gasteiger partial charge in [0.2, 0.25) is 0 Å². The average Bonchev–Trinajstić information content (AvgIpc) is 3.03. The van der Waals surface area contributed by atoms with Crippen LogP contribution in [-0.4, -0.2) is 36.5 Å². The summed E-state index contributed by atoms with van der Waals surface area (Å²) in [5, 5.41) is 3.90. The van der Waals surface area contributed by atoms with Crippen LogP contribution in [0.25, 0.3) is 10.9 Å². The van der Waals surface area contributed by atoms with Gasteiger partial charge in [-0.2, -0.15) is 11.8 Å². The van der Waals surface area contributed by atoms with Gasteiger partial charge in [0.05, 0.1) is 18.2 Å². The third-order valence-electron chi connectivity index (χ3n) is 9.41. The molecule has 1 unspecified atom stereocenters. The molecular formula is C39H63BrN2O4S. The first-order valence-corrected chi connectivity index (χ1v) is 19.7. The van der Waals surface area contributed by atoms with Crippen LogP contribution in [-0.2, 0) is 11.2 Å². The topological polar surface area (TPSA) is 77.5 Å². The van der Waals surface area contributed by atoms with Gasteiger partial charge in [0.25, 0.3) is 0 Å². The summed E-state index contributed by atoms with van der Waals surface area (Å²) < 4.78 is 11.1. The van der Waals surface area contributed by atoms with E-state index < -0.39 is 6.09 Å². The molecule has 1 N–H and O–H groups in total. The number of halogens is 1. The number of hydrogen-bond acceptors (Lipinski definition) is 6. The molecular weight excluding hydrogens is 672 g/mol. The maximum absolute atomic E-state index is 13.3. The highest BCUT2D eigenvalue weighted by atomic mass is 79.9. The zero-order valence-corrected chi connectivity index (χ0v) is 32.4. The van der Waals surface area contributed by atoms with Crippen molar-refractivity contribution in [3.63, 3.8) is 0 Å². The van der Waals surface area contributed by atoms with E-state index in [1.54, 1.807) is 6.07 Å². The summed E-state index contributed by atoms with van der Waals surface area (Å²) in [6.07, 6.45) is 25.9. The number of pyridine rings is 1. The van der Waals surface area contributed by atoms with E-state index in [1.807, 2.05) is 24.8 Å². The van der Waals surface area contributed by atoms with Gasteiger partial charge in [-0.25, -0.2) is 9.59 Å². The van der Waals surface area contributed by atoms with Gasteiger partial charge in [0, 0.05) is 34.0 Å². The summed E-state index contributed by atoms with van der Waals surface area (Å²) in [6.45, 7) is 6.98. The summed E-state index contributed by atoms with van der Waals surface area (Å²) >= 11 is 1.86. The van der Waals surface area contributed by atoms with Gasteiger partial charge in [0.15, 0.2) is 0 Å². The van der Waals surface area contributed by atoms with Crippen molar-refractivity contribution in [1.29, 1.82) is 0 Å². The van der Waals surface area contributed by atoms with Crippen LogP contribution in [0.4, 0.5) is 4.79 Å². The number of fused-ring (bicyclic) bond motifs is 1. The first kappa shape index (κ1) is 41.4. The number of carbonyl (C=O) groups is 2. The van der Waals surface area contributed by atoms with Gasteiger partial charge in [-0.15, -0.1) is 17.0 Å². The number of rotatable bonds is 24. The van der Waals surface area contributed by atoms with Crippen LogP contribution in [0.1, 0.15) is 175 Å². The van der Waals surface area contributed by atoms with Crippen molar-refractivity contribution in [3.05, 3.63) is 34.5 Å². The molecule has 1 fully saturated rings. The highest BCUT2D eigenvalue weighted by Crippen LogP contribution is 2.47. The molecule has 47 heavy (non-hydrogen) atoms. The molecule has 1 saturated heterocycles. The highest BCUT2D eigenvalue weighted by Gasteiger charge is 2.32. The second-order valence-corrected chi connectivity index (χ2v) is 14.5. The van der Waals surface area contributed by atoms with Gasteiger partial charge in [-0.1, -0.05) is 123 Å². The van der Waals surface area contributed by atoms with Crippen molar-refractivity contribution >= 4 is 51.7 Å². The van der Waals surface area contributed by atoms with Crippen LogP contribution in [0.2, 0.25) is 0 Å². The Morgan fingerprint density at radius 1 is 0.830 bits per heavy atom. The van der Waals surface area contributed by atoms with Crippen molar-refractivity contribution in [2.45, 2.75) is 161 Å². The fraction of sp³-hybridized carbons (Fsp3) is 0.718. The van der Waals surface area contributed by atoms with Crippen LogP contribution in [0.3, 0.4) is 0 Å². The van der Waals surface area contributed by atoms with Crippen molar-refractivity contribution in [2.75, 3.05) is 19.4 Å². The first-order valence-electron chi connectivity index (χ1n) is 18.6. The third-order valence-corrected chi connectivity index (χ3v) is 10.8. The van der Waals surface area contributed by atoms with E-state index in [1.165, 1.54) is 97.0 Å². The Labute approximate surface area is 300 Å². The Bertz CT molecular complexity index is 1200. The Balaban J connectivity index is 0.00000768. The molecule has 8 heteroatoms. The minimum Gasteiger partial charge on any atom is -0.465 e. The molecule has 2 aromatic rings. The normalized spacial score (nSPS) is 14.0. The molecule has 3 rings (SSSR count). The molecule has 266 valence electrons. The zero-order valence-electron chi connectivity index (χ0n) is 29.9.